The van der Waals surface area contributed by atoms with E-state index in [2.05, 4.69) is 32.5 Å². The third-order valence-corrected chi connectivity index (χ3v) is 13.5. The van der Waals surface area contributed by atoms with Crippen molar-refractivity contribution in [3.8, 4) is 11.5 Å². The number of fused-ring (bicyclic) bond motifs is 3. The van der Waals surface area contributed by atoms with Crippen LogP contribution in [0.4, 0.5) is 4.79 Å². The molecule has 0 bridgehead atoms. The van der Waals surface area contributed by atoms with Crippen molar-refractivity contribution < 1.29 is 46.1 Å². The van der Waals surface area contributed by atoms with Crippen LogP contribution in [0.5, 0.6) is 11.5 Å². The molecule has 7 atom stereocenters. The van der Waals surface area contributed by atoms with Gasteiger partial charge >= 0.3 is 6.09 Å². The van der Waals surface area contributed by atoms with Crippen molar-refractivity contribution in [2.24, 2.45) is 17.8 Å². The maximum Gasteiger partial charge on any atom is 0.408 e. The number of ether oxygens (including phenoxy) is 3. The molecule has 334 valence electrons. The molecule has 0 unspecified atom stereocenters. The summed E-state index contributed by atoms with van der Waals surface area (Å²) in [6.07, 6.45) is 7.59. The third-order valence-electron chi connectivity index (χ3n) is 11.4. The SMILES string of the molecule is CC.CC.CC[C@@H]1C[C@H](C)CC/C=C\[C@@H]2C[C@@]2(C(=O)NS(=O)(=O)C2(C)CC2)NC(=O)[C@@H]2C[C@@H](Oc3cnnc4cc(OC)ccc34)CN2C(=O)[C@H]1NC(=O)OC(C)(C)C.[HH].[HH].[HH]. The molecule has 16 heteroatoms. The van der Waals surface area contributed by atoms with Crippen LogP contribution in [0.15, 0.2) is 36.5 Å². The van der Waals surface area contributed by atoms with Gasteiger partial charge in [-0.25, -0.2) is 13.2 Å². The van der Waals surface area contributed by atoms with Gasteiger partial charge in [-0.15, -0.1) is 0 Å². The Morgan fingerprint density at radius 2 is 1.80 bits per heavy atom. The van der Waals surface area contributed by atoms with Gasteiger partial charge in [-0.05, 0) is 90.2 Å². The first-order valence-electron chi connectivity index (χ1n) is 21.2. The van der Waals surface area contributed by atoms with E-state index in [9.17, 15) is 27.6 Å². The van der Waals surface area contributed by atoms with Gasteiger partial charge in [-0.2, -0.15) is 10.2 Å². The number of sulfonamides is 1. The minimum Gasteiger partial charge on any atom is -0.497 e. The molecule has 1 aromatic heterocycles. The molecule has 2 aliphatic heterocycles. The number of hydrogen-bond donors (Lipinski definition) is 3. The molecule has 3 heterocycles. The van der Waals surface area contributed by atoms with Crippen molar-refractivity contribution in [1.82, 2.24) is 30.5 Å². The molecule has 2 aromatic rings. The molecule has 0 radical (unpaired) electrons. The van der Waals surface area contributed by atoms with E-state index in [1.54, 1.807) is 53.0 Å². The number of allylic oxidation sites excluding steroid dienone is 1. The number of nitrogens with one attached hydrogen (secondary N) is 3. The Kier molecular flexibility index (Phi) is 15.4. The minimum atomic E-state index is -4.00. The number of methoxy groups -OCH3 is 1. The maximum atomic E-state index is 14.9. The average molecular weight is 849 g/mol. The Bertz CT molecular complexity index is 1980. The summed E-state index contributed by atoms with van der Waals surface area (Å²) in [4.78, 5) is 58.1. The van der Waals surface area contributed by atoms with Crippen LogP contribution in [-0.4, -0.2) is 95.1 Å². The number of amides is 4. The summed E-state index contributed by atoms with van der Waals surface area (Å²) in [5.74, 6) is -1.53. The minimum absolute atomic E-state index is 0. The highest BCUT2D eigenvalue weighted by Gasteiger charge is 2.63. The van der Waals surface area contributed by atoms with E-state index >= 15 is 0 Å². The lowest BCUT2D eigenvalue weighted by Crippen LogP contribution is -2.59. The van der Waals surface area contributed by atoms with Crippen molar-refractivity contribution in [2.45, 2.75) is 155 Å². The molecule has 3 N–H and O–H groups in total. The number of aromatic nitrogens is 2. The second kappa shape index (κ2) is 19.3. The molecule has 1 saturated heterocycles. The van der Waals surface area contributed by atoms with E-state index in [0.717, 1.165) is 6.42 Å². The van der Waals surface area contributed by atoms with E-state index < -0.39 is 73.8 Å². The van der Waals surface area contributed by atoms with Crippen LogP contribution in [0.1, 0.15) is 125 Å². The Labute approximate surface area is 354 Å². The van der Waals surface area contributed by atoms with Gasteiger partial charge in [-0.3, -0.25) is 19.1 Å². The largest absolute Gasteiger partial charge is 0.497 e. The first-order valence-corrected chi connectivity index (χ1v) is 22.7. The van der Waals surface area contributed by atoms with Crippen molar-refractivity contribution in [3.63, 3.8) is 0 Å². The van der Waals surface area contributed by atoms with Crippen LogP contribution in [0.2, 0.25) is 0 Å². The van der Waals surface area contributed by atoms with E-state index in [1.807, 2.05) is 46.8 Å². The smallest absolute Gasteiger partial charge is 0.408 e. The zero-order chi connectivity index (χ0) is 43.9. The zero-order valence-corrected chi connectivity index (χ0v) is 37.5. The lowest BCUT2D eigenvalue weighted by atomic mass is 9.85. The summed E-state index contributed by atoms with van der Waals surface area (Å²) in [6.45, 7) is 18.8. The van der Waals surface area contributed by atoms with Gasteiger partial charge in [0.25, 0.3) is 5.91 Å². The summed E-state index contributed by atoms with van der Waals surface area (Å²) in [5, 5.41) is 14.7. The summed E-state index contributed by atoms with van der Waals surface area (Å²) >= 11 is 0. The second-order valence-corrected chi connectivity index (χ2v) is 19.1. The summed E-state index contributed by atoms with van der Waals surface area (Å²) in [5.41, 5.74) is -1.83. The quantitative estimate of drug-likeness (QED) is 0.233. The molecular formula is C43H72N6O9S. The third kappa shape index (κ3) is 11.0. The normalized spacial score (nSPS) is 28.2. The fourth-order valence-corrected chi connectivity index (χ4v) is 8.98. The van der Waals surface area contributed by atoms with Crippen LogP contribution in [0.3, 0.4) is 0 Å². The highest BCUT2D eigenvalue weighted by molar-refractivity contribution is 7.91. The predicted octanol–water partition coefficient (Wildman–Crippen LogP) is 6.95. The first-order chi connectivity index (χ1) is 27.9. The Morgan fingerprint density at radius 3 is 2.42 bits per heavy atom. The molecule has 3 fully saturated rings. The lowest BCUT2D eigenvalue weighted by molar-refractivity contribution is -0.142. The first kappa shape index (κ1) is 47.2. The van der Waals surface area contributed by atoms with Crippen LogP contribution in [-0.2, 0) is 29.1 Å². The molecule has 4 amide bonds. The van der Waals surface area contributed by atoms with Gasteiger partial charge in [0, 0.05) is 28.1 Å². The van der Waals surface area contributed by atoms with Gasteiger partial charge in [0.15, 0.2) is 0 Å². The second-order valence-electron chi connectivity index (χ2n) is 16.9. The highest BCUT2D eigenvalue weighted by atomic mass is 32.2. The number of nitrogens with zero attached hydrogens (tertiary/aromatic N) is 3. The van der Waals surface area contributed by atoms with Crippen LogP contribution in [0.25, 0.3) is 10.9 Å². The van der Waals surface area contributed by atoms with Gasteiger partial charge in [0.2, 0.25) is 21.8 Å². The molecule has 15 nitrogen and oxygen atoms in total. The van der Waals surface area contributed by atoms with Crippen LogP contribution in [0, 0.1) is 17.8 Å². The van der Waals surface area contributed by atoms with Crippen molar-refractivity contribution in [2.75, 3.05) is 13.7 Å². The number of carbonyl (C=O) groups excluding carboxylic acids is 4. The molecular weight excluding hydrogens is 777 g/mol. The summed E-state index contributed by atoms with van der Waals surface area (Å²) in [6, 6.07) is 3.10. The van der Waals surface area contributed by atoms with Crippen LogP contribution >= 0.6 is 0 Å². The molecule has 2 saturated carbocycles. The predicted molar refractivity (Wildman–Crippen MR) is 232 cm³/mol. The molecule has 2 aliphatic carbocycles. The topological polar surface area (TPSA) is 195 Å². The molecule has 4 aliphatic rings. The van der Waals surface area contributed by atoms with Crippen molar-refractivity contribution >= 4 is 44.7 Å². The van der Waals surface area contributed by atoms with Gasteiger partial charge < -0.3 is 29.7 Å². The number of benzene rings is 1. The lowest BCUT2D eigenvalue weighted by Gasteiger charge is -2.34. The molecule has 59 heavy (non-hydrogen) atoms. The van der Waals surface area contributed by atoms with E-state index in [1.165, 1.54) is 11.1 Å². The summed E-state index contributed by atoms with van der Waals surface area (Å²) in [7, 11) is -2.45. The Balaban J connectivity index is 0.00000267. The van der Waals surface area contributed by atoms with E-state index in [4.69, 9.17) is 14.2 Å². The summed E-state index contributed by atoms with van der Waals surface area (Å²) < 4.78 is 45.0. The van der Waals surface area contributed by atoms with E-state index in [-0.39, 0.29) is 35.5 Å². The molecule has 6 rings (SSSR count). The molecule has 1 aromatic carbocycles. The van der Waals surface area contributed by atoms with Crippen molar-refractivity contribution in [1.29, 1.82) is 0 Å². The van der Waals surface area contributed by atoms with Gasteiger partial charge in [0.1, 0.15) is 46.3 Å². The highest BCUT2D eigenvalue weighted by Crippen LogP contribution is 2.47. The Hall–Kier alpha value is -4.47. The number of hydrogen-bond acceptors (Lipinski definition) is 11. The standard InChI is InChI=1S/C39H54N6O9S.2C2H6.3H2/c1-8-24-17-23(2)11-9-10-12-25-20-39(25,35(48)44-55(50,51)38(6)15-16-38)42-33(46)30-19-27(22-45(30)34(47)32(24)41-36(49)54-37(3,4)5)53-31-21-40-43-29-18-26(52-7)13-14-28(29)31;2*1-2;;;/h10,12-14,18,21,23-25,27,30,32H,8-9,11,15-17,19-20,22H2,1-7H3,(H,41,49)(H,42,46)(H,44,48);2*1-2H3;3*1H/b12-10-;;;;;/t23-,24-,25-,27-,30+,32+,39-;;;;;/m1...../s1. The fourth-order valence-electron chi connectivity index (χ4n) is 7.67. The maximum absolute atomic E-state index is 14.9. The monoisotopic (exact) mass is 849 g/mol. The van der Waals surface area contributed by atoms with Crippen molar-refractivity contribution in [3.05, 3.63) is 36.5 Å². The number of rotatable bonds is 8. The Morgan fingerprint density at radius 1 is 1.10 bits per heavy atom. The van der Waals surface area contributed by atoms with Crippen LogP contribution < -0.4 is 24.8 Å². The van der Waals surface area contributed by atoms with E-state index in [0.29, 0.717) is 54.5 Å². The molecule has 0 spiro atoms. The van der Waals surface area contributed by atoms with Gasteiger partial charge in [0.05, 0.1) is 24.6 Å². The number of alkyl carbamates (subject to hydrolysis) is 1. The zero-order valence-electron chi connectivity index (χ0n) is 36.7. The fraction of sp³-hybridized carbons (Fsp3) is 0.674. The average Bonchev–Trinajstić information content (AvgIpc) is 4.08. The van der Waals surface area contributed by atoms with Gasteiger partial charge in [-0.1, -0.05) is 60.1 Å². The number of carbonyl (C=O) groups is 4.